The zero-order valence-electron chi connectivity index (χ0n) is 7.70. The molecule has 0 saturated heterocycles. The van der Waals surface area contributed by atoms with E-state index in [1.54, 1.807) is 5.32 Å². The van der Waals surface area contributed by atoms with E-state index in [4.69, 9.17) is 0 Å². The number of nitrogens with one attached hydrogen (secondary N) is 1. The van der Waals surface area contributed by atoms with Crippen molar-refractivity contribution in [2.45, 2.75) is 43.8 Å². The average Bonchev–Trinajstić information content (AvgIpc) is 2.54. The monoisotopic (exact) mass is 231 g/mol. The highest BCUT2D eigenvalue weighted by atomic mass is 19.4. The maximum atomic E-state index is 12.4. The highest BCUT2D eigenvalue weighted by molar-refractivity contribution is 5.84. The molecule has 0 aliphatic heterocycles. The fraction of sp³-hybridized carbons (Fsp3) is 0.875. The van der Waals surface area contributed by atoms with Crippen LogP contribution in [0.15, 0.2) is 0 Å². The Morgan fingerprint density at radius 1 is 1.07 bits per heavy atom. The Bertz CT molecular complexity index is 244. The minimum absolute atomic E-state index is 0.458. The van der Waals surface area contributed by atoms with E-state index in [0.29, 0.717) is 12.8 Å². The highest BCUT2D eigenvalue weighted by Gasteiger charge is 2.63. The van der Waals surface area contributed by atoms with E-state index >= 15 is 0 Å². The van der Waals surface area contributed by atoms with E-state index < -0.39 is 24.0 Å². The lowest BCUT2D eigenvalue weighted by Crippen LogP contribution is -2.52. The van der Waals surface area contributed by atoms with Gasteiger partial charge in [-0.05, 0) is 12.8 Å². The number of hydrogen-bond acceptors (Lipinski definition) is 1. The summed E-state index contributed by atoms with van der Waals surface area (Å²) in [5, 5.41) is 1.72. The lowest BCUT2D eigenvalue weighted by atomic mass is 10.2. The normalized spacial score (nSPS) is 19.3. The van der Waals surface area contributed by atoms with Gasteiger partial charge in [-0.1, -0.05) is 12.8 Å². The Morgan fingerprint density at radius 3 is 1.93 bits per heavy atom. The summed E-state index contributed by atoms with van der Waals surface area (Å²) in [6.45, 7) is 0. The molecule has 1 fully saturated rings. The molecule has 2 nitrogen and oxygen atoms in total. The Morgan fingerprint density at radius 2 is 1.53 bits per heavy atom. The minimum atomic E-state index is -5.82. The summed E-state index contributed by atoms with van der Waals surface area (Å²) in [5.74, 6) is -7.54. The molecule has 1 aliphatic carbocycles. The molecule has 1 rings (SSSR count). The molecule has 0 heterocycles. The van der Waals surface area contributed by atoms with Crippen LogP contribution in [0.25, 0.3) is 0 Å². The van der Waals surface area contributed by atoms with E-state index in [1.807, 2.05) is 0 Å². The van der Waals surface area contributed by atoms with Gasteiger partial charge >= 0.3 is 18.0 Å². The Kier molecular flexibility index (Phi) is 3.20. The van der Waals surface area contributed by atoms with Crippen molar-refractivity contribution in [2.24, 2.45) is 0 Å². The molecule has 0 radical (unpaired) electrons. The van der Waals surface area contributed by atoms with Crippen LogP contribution in [0, 0.1) is 0 Å². The van der Waals surface area contributed by atoms with Gasteiger partial charge in [0.2, 0.25) is 0 Å². The standard InChI is InChI=1S/C8H10F5NO/c9-7(10,8(11,12)13)6(15)14-5-3-1-2-4-5/h5H,1-4H2,(H,14,15). The van der Waals surface area contributed by atoms with Crippen molar-refractivity contribution in [2.75, 3.05) is 0 Å². The molecular formula is C8H10F5NO. The van der Waals surface area contributed by atoms with Crippen molar-refractivity contribution < 1.29 is 26.7 Å². The molecule has 88 valence electrons. The van der Waals surface area contributed by atoms with Gasteiger partial charge in [0.05, 0.1) is 0 Å². The average molecular weight is 231 g/mol. The fourth-order valence-corrected chi connectivity index (χ4v) is 1.47. The molecule has 0 unspecified atom stereocenters. The van der Waals surface area contributed by atoms with Crippen LogP contribution in [-0.2, 0) is 4.79 Å². The zero-order valence-corrected chi connectivity index (χ0v) is 7.70. The molecule has 15 heavy (non-hydrogen) atoms. The molecule has 0 atom stereocenters. The molecule has 0 aromatic carbocycles. The van der Waals surface area contributed by atoms with Crippen molar-refractivity contribution in [1.82, 2.24) is 5.32 Å². The van der Waals surface area contributed by atoms with Crippen molar-refractivity contribution in [3.8, 4) is 0 Å². The first-order valence-electron chi connectivity index (χ1n) is 4.50. The summed E-state index contributed by atoms with van der Waals surface area (Å²) in [6, 6.07) is -0.550. The zero-order chi connectivity index (χ0) is 11.7. The van der Waals surface area contributed by atoms with Gasteiger partial charge in [-0.15, -0.1) is 0 Å². The summed E-state index contributed by atoms with van der Waals surface area (Å²) in [4.78, 5) is 10.7. The fourth-order valence-electron chi connectivity index (χ4n) is 1.47. The molecule has 1 aliphatic rings. The number of amides is 1. The molecule has 1 saturated carbocycles. The van der Waals surface area contributed by atoms with Gasteiger partial charge in [-0.25, -0.2) is 0 Å². The lowest BCUT2D eigenvalue weighted by Gasteiger charge is -2.21. The molecule has 1 amide bonds. The first-order chi connectivity index (χ1) is 6.75. The van der Waals surface area contributed by atoms with Crippen molar-refractivity contribution >= 4 is 5.91 Å². The van der Waals surface area contributed by atoms with Crippen LogP contribution in [0.3, 0.4) is 0 Å². The highest BCUT2D eigenvalue weighted by Crippen LogP contribution is 2.35. The van der Waals surface area contributed by atoms with Gasteiger partial charge in [0.1, 0.15) is 0 Å². The van der Waals surface area contributed by atoms with E-state index in [9.17, 15) is 26.7 Å². The van der Waals surface area contributed by atoms with Crippen LogP contribution in [0.4, 0.5) is 22.0 Å². The number of carbonyl (C=O) groups is 1. The maximum absolute atomic E-state index is 12.4. The molecule has 1 N–H and O–H groups in total. The van der Waals surface area contributed by atoms with Crippen molar-refractivity contribution in [3.05, 3.63) is 0 Å². The molecule has 0 aromatic rings. The Hall–Kier alpha value is -0.880. The summed E-state index contributed by atoms with van der Waals surface area (Å²) in [6.07, 6.45) is -3.43. The Balaban J connectivity index is 2.59. The van der Waals surface area contributed by atoms with Gasteiger partial charge in [0.25, 0.3) is 0 Å². The topological polar surface area (TPSA) is 29.1 Å². The van der Waals surface area contributed by atoms with Crippen LogP contribution < -0.4 is 5.32 Å². The second-order valence-electron chi connectivity index (χ2n) is 3.53. The number of rotatable bonds is 2. The van der Waals surface area contributed by atoms with Gasteiger partial charge in [0, 0.05) is 6.04 Å². The smallest absolute Gasteiger partial charge is 0.348 e. The van der Waals surface area contributed by atoms with E-state index in [2.05, 4.69) is 0 Å². The van der Waals surface area contributed by atoms with Crippen molar-refractivity contribution in [1.29, 1.82) is 0 Å². The largest absolute Gasteiger partial charge is 0.463 e. The Labute approximate surface area is 82.8 Å². The quantitative estimate of drug-likeness (QED) is 0.725. The number of alkyl halides is 5. The molecule has 0 bridgehead atoms. The predicted molar refractivity (Wildman–Crippen MR) is 41.4 cm³/mol. The van der Waals surface area contributed by atoms with Crippen LogP contribution >= 0.6 is 0 Å². The first-order valence-corrected chi connectivity index (χ1v) is 4.50. The van der Waals surface area contributed by atoms with Crippen LogP contribution in [0.2, 0.25) is 0 Å². The molecule has 0 aromatic heterocycles. The summed E-state index contributed by atoms with van der Waals surface area (Å²) >= 11 is 0. The number of carbonyl (C=O) groups excluding carboxylic acids is 1. The molecular weight excluding hydrogens is 221 g/mol. The van der Waals surface area contributed by atoms with E-state index in [-0.39, 0.29) is 0 Å². The van der Waals surface area contributed by atoms with E-state index in [1.165, 1.54) is 0 Å². The van der Waals surface area contributed by atoms with Gasteiger partial charge in [-0.2, -0.15) is 22.0 Å². The van der Waals surface area contributed by atoms with Gasteiger partial charge in [-0.3, -0.25) is 4.79 Å². The third-order valence-corrected chi connectivity index (χ3v) is 2.33. The second-order valence-corrected chi connectivity index (χ2v) is 3.53. The lowest BCUT2D eigenvalue weighted by molar-refractivity contribution is -0.270. The summed E-state index contributed by atoms with van der Waals surface area (Å²) in [5.41, 5.74) is 0. The van der Waals surface area contributed by atoms with Crippen LogP contribution in [0.5, 0.6) is 0 Å². The first kappa shape index (κ1) is 12.2. The maximum Gasteiger partial charge on any atom is 0.463 e. The SMILES string of the molecule is O=C(NC1CCCC1)C(F)(F)C(F)(F)F. The number of halogens is 5. The second kappa shape index (κ2) is 3.94. The summed E-state index contributed by atoms with van der Waals surface area (Å²) in [7, 11) is 0. The van der Waals surface area contributed by atoms with Crippen LogP contribution in [-0.4, -0.2) is 24.0 Å². The molecule has 0 spiro atoms. The molecule has 7 heteroatoms. The van der Waals surface area contributed by atoms with E-state index in [0.717, 1.165) is 12.8 Å². The third-order valence-electron chi connectivity index (χ3n) is 2.33. The van der Waals surface area contributed by atoms with Gasteiger partial charge in [0.15, 0.2) is 0 Å². The number of hydrogen-bond donors (Lipinski definition) is 1. The predicted octanol–water partition coefficient (Wildman–Crippen LogP) is 2.24. The van der Waals surface area contributed by atoms with Crippen molar-refractivity contribution in [3.63, 3.8) is 0 Å². The summed E-state index contributed by atoms with van der Waals surface area (Å²) < 4.78 is 60.1. The third kappa shape index (κ3) is 2.57. The minimum Gasteiger partial charge on any atom is -0.348 e. The van der Waals surface area contributed by atoms with Crippen LogP contribution in [0.1, 0.15) is 25.7 Å². The van der Waals surface area contributed by atoms with Gasteiger partial charge < -0.3 is 5.32 Å².